The van der Waals surface area contributed by atoms with Crippen molar-refractivity contribution in [1.29, 1.82) is 0 Å². The first kappa shape index (κ1) is 8.55. The third-order valence-electron chi connectivity index (χ3n) is 4.37. The van der Waals surface area contributed by atoms with Crippen molar-refractivity contribution in [2.75, 3.05) is 6.54 Å². The molecule has 12 heavy (non-hydrogen) atoms. The van der Waals surface area contributed by atoms with Crippen LogP contribution in [0.4, 0.5) is 0 Å². The summed E-state index contributed by atoms with van der Waals surface area (Å²) in [4.78, 5) is 0. The maximum Gasteiger partial charge on any atom is 0.0207 e. The molecule has 1 nitrogen and oxygen atoms in total. The number of hydrogen-bond donors (Lipinski definition) is 1. The van der Waals surface area contributed by atoms with Crippen molar-refractivity contribution < 1.29 is 0 Å². The van der Waals surface area contributed by atoms with E-state index in [0.29, 0.717) is 5.54 Å². The SMILES string of the molecule is CC(C)C1(C)NC[C@@H]2CCC[C@@H]21. The summed E-state index contributed by atoms with van der Waals surface area (Å²) in [6.07, 6.45) is 4.41. The zero-order chi connectivity index (χ0) is 8.77. The second kappa shape index (κ2) is 2.73. The first-order valence-electron chi connectivity index (χ1n) is 5.39. The van der Waals surface area contributed by atoms with Crippen LogP contribution in [0.1, 0.15) is 40.0 Å². The van der Waals surface area contributed by atoms with E-state index >= 15 is 0 Å². The largest absolute Gasteiger partial charge is 0.311 e. The first-order valence-corrected chi connectivity index (χ1v) is 5.39. The molecule has 70 valence electrons. The summed E-state index contributed by atoms with van der Waals surface area (Å²) in [6.45, 7) is 8.41. The van der Waals surface area contributed by atoms with Crippen molar-refractivity contribution in [3.05, 3.63) is 0 Å². The van der Waals surface area contributed by atoms with E-state index < -0.39 is 0 Å². The molecule has 2 rings (SSSR count). The van der Waals surface area contributed by atoms with Gasteiger partial charge in [-0.1, -0.05) is 20.3 Å². The highest BCUT2D eigenvalue weighted by Crippen LogP contribution is 2.46. The van der Waals surface area contributed by atoms with Crippen molar-refractivity contribution in [2.24, 2.45) is 17.8 Å². The minimum Gasteiger partial charge on any atom is -0.311 e. The minimum atomic E-state index is 0.446. The van der Waals surface area contributed by atoms with Crippen LogP contribution in [-0.4, -0.2) is 12.1 Å². The predicted octanol–water partition coefficient (Wildman–Crippen LogP) is 2.42. The molecule has 1 unspecified atom stereocenters. The van der Waals surface area contributed by atoms with E-state index in [4.69, 9.17) is 0 Å². The molecular formula is C11H21N. The summed E-state index contributed by atoms with van der Waals surface area (Å²) >= 11 is 0. The average Bonchev–Trinajstić information content (AvgIpc) is 2.54. The lowest BCUT2D eigenvalue weighted by Crippen LogP contribution is -2.46. The molecule has 1 saturated heterocycles. The standard InChI is InChI=1S/C11H21N/c1-8(2)11(3)10-6-4-5-9(10)7-12-11/h8-10,12H,4-7H2,1-3H3/t9-,10-,11?/m0/s1. The van der Waals surface area contributed by atoms with Crippen molar-refractivity contribution in [1.82, 2.24) is 5.32 Å². The Morgan fingerprint density at radius 2 is 2.08 bits per heavy atom. The molecule has 0 amide bonds. The fourth-order valence-electron chi connectivity index (χ4n) is 3.19. The van der Waals surface area contributed by atoms with E-state index in [2.05, 4.69) is 26.1 Å². The Morgan fingerprint density at radius 1 is 1.33 bits per heavy atom. The normalized spacial score (nSPS) is 47.0. The highest BCUT2D eigenvalue weighted by atomic mass is 15.0. The second-order valence-corrected chi connectivity index (χ2v) is 5.12. The second-order valence-electron chi connectivity index (χ2n) is 5.12. The lowest BCUT2D eigenvalue weighted by molar-refractivity contribution is 0.210. The van der Waals surface area contributed by atoms with Crippen LogP contribution < -0.4 is 5.32 Å². The Hall–Kier alpha value is -0.0400. The van der Waals surface area contributed by atoms with Crippen molar-refractivity contribution in [3.63, 3.8) is 0 Å². The molecule has 0 spiro atoms. The van der Waals surface area contributed by atoms with Gasteiger partial charge < -0.3 is 5.32 Å². The molecule has 1 heterocycles. The smallest absolute Gasteiger partial charge is 0.0207 e. The van der Waals surface area contributed by atoms with Crippen molar-refractivity contribution >= 4 is 0 Å². The Balaban J connectivity index is 2.17. The van der Waals surface area contributed by atoms with E-state index in [1.807, 2.05) is 0 Å². The van der Waals surface area contributed by atoms with Crippen LogP contribution in [0.3, 0.4) is 0 Å². The molecule has 1 aliphatic carbocycles. The third kappa shape index (κ3) is 1.02. The van der Waals surface area contributed by atoms with E-state index in [0.717, 1.165) is 17.8 Å². The van der Waals surface area contributed by atoms with Gasteiger partial charge >= 0.3 is 0 Å². The highest BCUT2D eigenvalue weighted by molar-refractivity contribution is 5.04. The summed E-state index contributed by atoms with van der Waals surface area (Å²) in [5, 5.41) is 3.73. The maximum absolute atomic E-state index is 3.73. The van der Waals surface area contributed by atoms with E-state index in [9.17, 15) is 0 Å². The zero-order valence-electron chi connectivity index (χ0n) is 8.56. The molecule has 2 fully saturated rings. The van der Waals surface area contributed by atoms with Gasteiger partial charge in [0, 0.05) is 5.54 Å². The summed E-state index contributed by atoms with van der Waals surface area (Å²) in [6, 6.07) is 0. The van der Waals surface area contributed by atoms with E-state index in [1.54, 1.807) is 0 Å². The van der Waals surface area contributed by atoms with Gasteiger partial charge in [-0.15, -0.1) is 0 Å². The summed E-state index contributed by atoms with van der Waals surface area (Å²) in [5.74, 6) is 2.75. The van der Waals surface area contributed by atoms with Crippen LogP contribution in [-0.2, 0) is 0 Å². The Morgan fingerprint density at radius 3 is 2.75 bits per heavy atom. The van der Waals surface area contributed by atoms with Crippen LogP contribution in [0.2, 0.25) is 0 Å². The number of fused-ring (bicyclic) bond motifs is 1. The van der Waals surface area contributed by atoms with E-state index in [-0.39, 0.29) is 0 Å². The molecule has 1 saturated carbocycles. The van der Waals surface area contributed by atoms with Gasteiger partial charge in [0.25, 0.3) is 0 Å². The summed E-state index contributed by atoms with van der Waals surface area (Å²) in [5.41, 5.74) is 0.446. The Kier molecular flexibility index (Phi) is 1.95. The lowest BCUT2D eigenvalue weighted by Gasteiger charge is -2.35. The van der Waals surface area contributed by atoms with Crippen LogP contribution in [0.5, 0.6) is 0 Å². The molecule has 2 aliphatic rings. The molecule has 1 heteroatoms. The molecule has 3 atom stereocenters. The lowest BCUT2D eigenvalue weighted by atomic mass is 9.76. The van der Waals surface area contributed by atoms with Gasteiger partial charge in [0.15, 0.2) is 0 Å². The fourth-order valence-corrected chi connectivity index (χ4v) is 3.19. The minimum absolute atomic E-state index is 0.446. The van der Waals surface area contributed by atoms with Crippen LogP contribution >= 0.6 is 0 Å². The molecule has 0 radical (unpaired) electrons. The van der Waals surface area contributed by atoms with Crippen LogP contribution in [0.15, 0.2) is 0 Å². The molecule has 0 aromatic rings. The molecule has 0 aromatic heterocycles. The highest BCUT2D eigenvalue weighted by Gasteiger charge is 2.48. The molecular weight excluding hydrogens is 146 g/mol. The summed E-state index contributed by atoms with van der Waals surface area (Å²) < 4.78 is 0. The van der Waals surface area contributed by atoms with Gasteiger partial charge in [0.2, 0.25) is 0 Å². The molecule has 0 aromatic carbocycles. The molecule has 1 aliphatic heterocycles. The van der Waals surface area contributed by atoms with Gasteiger partial charge in [-0.25, -0.2) is 0 Å². The van der Waals surface area contributed by atoms with Gasteiger partial charge in [-0.05, 0) is 44.1 Å². The monoisotopic (exact) mass is 167 g/mol. The quantitative estimate of drug-likeness (QED) is 0.632. The molecule has 0 bridgehead atoms. The first-order chi connectivity index (χ1) is 5.64. The third-order valence-corrected chi connectivity index (χ3v) is 4.37. The van der Waals surface area contributed by atoms with Crippen LogP contribution in [0.25, 0.3) is 0 Å². The van der Waals surface area contributed by atoms with Crippen molar-refractivity contribution in [3.8, 4) is 0 Å². The van der Waals surface area contributed by atoms with Crippen LogP contribution in [0, 0.1) is 17.8 Å². The van der Waals surface area contributed by atoms with Gasteiger partial charge in [-0.3, -0.25) is 0 Å². The Bertz CT molecular complexity index is 176. The number of nitrogens with one attached hydrogen (secondary N) is 1. The van der Waals surface area contributed by atoms with Gasteiger partial charge in [-0.2, -0.15) is 0 Å². The Labute approximate surface area is 75.9 Å². The molecule has 1 N–H and O–H groups in total. The van der Waals surface area contributed by atoms with Crippen molar-refractivity contribution in [2.45, 2.75) is 45.6 Å². The van der Waals surface area contributed by atoms with Gasteiger partial charge in [0.1, 0.15) is 0 Å². The topological polar surface area (TPSA) is 12.0 Å². The predicted molar refractivity (Wildman–Crippen MR) is 52.1 cm³/mol. The number of rotatable bonds is 1. The fraction of sp³-hybridized carbons (Fsp3) is 1.00. The zero-order valence-corrected chi connectivity index (χ0v) is 8.56. The maximum atomic E-state index is 3.73. The average molecular weight is 167 g/mol. The summed E-state index contributed by atoms with van der Waals surface area (Å²) in [7, 11) is 0. The van der Waals surface area contributed by atoms with Gasteiger partial charge in [0.05, 0.1) is 0 Å². The number of hydrogen-bond acceptors (Lipinski definition) is 1. The van der Waals surface area contributed by atoms with E-state index in [1.165, 1.54) is 25.8 Å².